The van der Waals surface area contributed by atoms with Crippen LogP contribution in [0.15, 0.2) is 48.5 Å². The van der Waals surface area contributed by atoms with Gasteiger partial charge in [-0.05, 0) is 62.4 Å². The highest BCUT2D eigenvalue weighted by Crippen LogP contribution is 2.16. The van der Waals surface area contributed by atoms with Gasteiger partial charge in [-0.2, -0.15) is 0 Å². The standard InChI is InChI=1S/C22H28N2O7/c1-15(30-19-7-3-17(23)4-8-19)21(25)28-13-11-27-12-14-29-22(26)16(2)31-20-9-5-18(24)6-10-20/h3-10,15-16H,11-14,23-24H2,1-2H3/t15-,16-/m0/s1. The zero-order valence-electron chi connectivity index (χ0n) is 17.6. The van der Waals surface area contributed by atoms with E-state index in [2.05, 4.69) is 0 Å². The molecule has 0 radical (unpaired) electrons. The van der Waals surface area contributed by atoms with E-state index in [0.29, 0.717) is 22.9 Å². The normalized spacial score (nSPS) is 12.5. The second kappa shape index (κ2) is 12.3. The summed E-state index contributed by atoms with van der Waals surface area (Å²) in [6.07, 6.45) is -1.54. The van der Waals surface area contributed by atoms with Crippen molar-refractivity contribution in [3.8, 4) is 11.5 Å². The summed E-state index contributed by atoms with van der Waals surface area (Å²) in [5, 5.41) is 0. The SMILES string of the molecule is C[C@H](Oc1ccc(N)cc1)C(=O)OCCOCCOC(=O)[C@H](C)Oc1ccc(N)cc1. The molecular formula is C22H28N2O7. The van der Waals surface area contributed by atoms with E-state index < -0.39 is 24.1 Å². The molecule has 0 aliphatic rings. The Balaban J connectivity index is 1.53. The van der Waals surface area contributed by atoms with Crippen molar-refractivity contribution >= 4 is 23.3 Å². The maximum absolute atomic E-state index is 11.9. The first-order valence-corrected chi connectivity index (χ1v) is 9.80. The molecule has 0 aliphatic heterocycles. The van der Waals surface area contributed by atoms with Gasteiger partial charge in [0.25, 0.3) is 0 Å². The molecule has 31 heavy (non-hydrogen) atoms. The Kier molecular flexibility index (Phi) is 9.44. The fraction of sp³-hybridized carbons (Fsp3) is 0.364. The summed E-state index contributed by atoms with van der Waals surface area (Å²) in [5.41, 5.74) is 12.4. The van der Waals surface area contributed by atoms with E-state index in [9.17, 15) is 9.59 Å². The lowest BCUT2D eigenvalue weighted by Crippen LogP contribution is -2.28. The Bertz CT molecular complexity index is 755. The van der Waals surface area contributed by atoms with Gasteiger partial charge in [-0.1, -0.05) is 0 Å². The summed E-state index contributed by atoms with van der Waals surface area (Å²) >= 11 is 0. The van der Waals surface area contributed by atoms with Crippen LogP contribution in [-0.4, -0.2) is 50.6 Å². The monoisotopic (exact) mass is 432 g/mol. The number of carbonyl (C=O) groups excluding carboxylic acids is 2. The van der Waals surface area contributed by atoms with Gasteiger partial charge in [0.2, 0.25) is 0 Å². The maximum atomic E-state index is 11.9. The van der Waals surface area contributed by atoms with Crippen LogP contribution in [0.1, 0.15) is 13.8 Å². The number of nitrogen functional groups attached to an aromatic ring is 2. The van der Waals surface area contributed by atoms with Crippen LogP contribution >= 0.6 is 0 Å². The highest BCUT2D eigenvalue weighted by atomic mass is 16.6. The molecule has 0 unspecified atom stereocenters. The van der Waals surface area contributed by atoms with Crippen LogP contribution in [0, 0.1) is 0 Å². The van der Waals surface area contributed by atoms with Gasteiger partial charge in [0.15, 0.2) is 12.2 Å². The summed E-state index contributed by atoms with van der Waals surface area (Å²) < 4.78 is 26.4. The lowest BCUT2D eigenvalue weighted by atomic mass is 10.3. The molecule has 0 bridgehead atoms. The third-order valence-corrected chi connectivity index (χ3v) is 3.99. The van der Waals surface area contributed by atoms with Gasteiger partial charge < -0.3 is 35.2 Å². The van der Waals surface area contributed by atoms with Crippen molar-refractivity contribution in [2.45, 2.75) is 26.1 Å². The maximum Gasteiger partial charge on any atom is 0.347 e. The number of anilines is 2. The number of nitrogens with two attached hydrogens (primary N) is 2. The Morgan fingerprint density at radius 3 is 1.39 bits per heavy atom. The number of hydrogen-bond acceptors (Lipinski definition) is 9. The molecule has 0 saturated heterocycles. The summed E-state index contributed by atoms with van der Waals surface area (Å²) in [6.45, 7) is 3.61. The molecule has 168 valence electrons. The summed E-state index contributed by atoms with van der Waals surface area (Å²) in [7, 11) is 0. The molecule has 2 atom stereocenters. The van der Waals surface area contributed by atoms with Gasteiger partial charge in [0.05, 0.1) is 13.2 Å². The molecule has 4 N–H and O–H groups in total. The van der Waals surface area contributed by atoms with Crippen LogP contribution in [0.25, 0.3) is 0 Å². The van der Waals surface area contributed by atoms with Crippen molar-refractivity contribution in [2.24, 2.45) is 0 Å². The predicted octanol–water partition coefficient (Wildman–Crippen LogP) is 2.19. The molecule has 0 heterocycles. The zero-order chi connectivity index (χ0) is 22.6. The van der Waals surface area contributed by atoms with Crippen LogP contribution in [-0.2, 0) is 23.8 Å². The second-order valence-corrected chi connectivity index (χ2v) is 6.61. The number of carbonyl (C=O) groups is 2. The van der Waals surface area contributed by atoms with E-state index >= 15 is 0 Å². The van der Waals surface area contributed by atoms with Gasteiger partial charge >= 0.3 is 11.9 Å². The van der Waals surface area contributed by atoms with E-state index in [1.807, 2.05) is 0 Å². The highest BCUT2D eigenvalue weighted by Gasteiger charge is 2.17. The molecule has 0 spiro atoms. The predicted molar refractivity (Wildman–Crippen MR) is 115 cm³/mol. The van der Waals surface area contributed by atoms with Gasteiger partial charge in [0.1, 0.15) is 24.7 Å². The second-order valence-electron chi connectivity index (χ2n) is 6.61. The van der Waals surface area contributed by atoms with E-state index in [1.165, 1.54) is 0 Å². The van der Waals surface area contributed by atoms with E-state index in [1.54, 1.807) is 62.4 Å². The number of ether oxygens (including phenoxy) is 5. The van der Waals surface area contributed by atoms with E-state index in [-0.39, 0.29) is 26.4 Å². The Morgan fingerprint density at radius 1 is 0.677 bits per heavy atom. The largest absolute Gasteiger partial charge is 0.479 e. The number of benzene rings is 2. The van der Waals surface area contributed by atoms with E-state index in [0.717, 1.165) is 0 Å². The number of esters is 2. The Morgan fingerprint density at radius 2 is 1.03 bits per heavy atom. The molecule has 2 rings (SSSR count). The minimum absolute atomic E-state index is 0.0544. The Labute approximate surface area is 181 Å². The third-order valence-electron chi connectivity index (χ3n) is 3.99. The number of rotatable bonds is 12. The average Bonchev–Trinajstić information content (AvgIpc) is 2.75. The molecule has 2 aromatic rings. The Hall–Kier alpha value is -3.46. The highest BCUT2D eigenvalue weighted by molar-refractivity contribution is 5.75. The molecule has 0 amide bonds. The molecule has 9 heteroatoms. The summed E-state index contributed by atoms with van der Waals surface area (Å²) in [6, 6.07) is 13.4. The quantitative estimate of drug-likeness (QED) is 0.294. The van der Waals surface area contributed by atoms with Gasteiger partial charge in [-0.25, -0.2) is 9.59 Å². The van der Waals surface area contributed by atoms with Crippen molar-refractivity contribution in [1.82, 2.24) is 0 Å². The zero-order valence-corrected chi connectivity index (χ0v) is 17.6. The number of hydrogen-bond donors (Lipinski definition) is 2. The van der Waals surface area contributed by atoms with Crippen LogP contribution in [0.4, 0.5) is 11.4 Å². The third kappa shape index (κ3) is 8.83. The molecule has 0 fully saturated rings. The van der Waals surface area contributed by atoms with Gasteiger partial charge in [-0.3, -0.25) is 0 Å². The molecule has 0 aliphatic carbocycles. The molecule has 0 aromatic heterocycles. The fourth-order valence-electron chi connectivity index (χ4n) is 2.34. The lowest BCUT2D eigenvalue weighted by Gasteiger charge is -2.15. The molecular weight excluding hydrogens is 404 g/mol. The molecule has 9 nitrogen and oxygen atoms in total. The summed E-state index contributed by atoms with van der Waals surface area (Å²) in [4.78, 5) is 23.8. The van der Waals surface area contributed by atoms with Crippen LogP contribution in [0.3, 0.4) is 0 Å². The average molecular weight is 432 g/mol. The lowest BCUT2D eigenvalue weighted by molar-refractivity contribution is -0.154. The van der Waals surface area contributed by atoms with Crippen molar-refractivity contribution in [1.29, 1.82) is 0 Å². The van der Waals surface area contributed by atoms with Crippen molar-refractivity contribution in [3.05, 3.63) is 48.5 Å². The van der Waals surface area contributed by atoms with Crippen molar-refractivity contribution in [3.63, 3.8) is 0 Å². The van der Waals surface area contributed by atoms with Crippen molar-refractivity contribution < 1.29 is 33.3 Å². The molecule has 0 saturated carbocycles. The first kappa shape index (κ1) is 23.8. The smallest absolute Gasteiger partial charge is 0.347 e. The first-order valence-electron chi connectivity index (χ1n) is 9.80. The topological polar surface area (TPSA) is 132 Å². The first-order chi connectivity index (χ1) is 14.8. The summed E-state index contributed by atoms with van der Waals surface area (Å²) in [5.74, 6) is 0.0126. The van der Waals surface area contributed by atoms with Crippen LogP contribution in [0.2, 0.25) is 0 Å². The minimum atomic E-state index is -0.771. The molecule has 2 aromatic carbocycles. The van der Waals surface area contributed by atoms with Gasteiger partial charge in [0, 0.05) is 11.4 Å². The van der Waals surface area contributed by atoms with Crippen LogP contribution < -0.4 is 20.9 Å². The fourth-order valence-corrected chi connectivity index (χ4v) is 2.34. The van der Waals surface area contributed by atoms with Crippen molar-refractivity contribution in [2.75, 3.05) is 37.9 Å². The van der Waals surface area contributed by atoms with Gasteiger partial charge in [-0.15, -0.1) is 0 Å². The van der Waals surface area contributed by atoms with E-state index in [4.69, 9.17) is 35.2 Å². The van der Waals surface area contributed by atoms with Crippen LogP contribution in [0.5, 0.6) is 11.5 Å². The minimum Gasteiger partial charge on any atom is -0.479 e.